The summed E-state index contributed by atoms with van der Waals surface area (Å²) in [5.41, 5.74) is 5.60. The summed E-state index contributed by atoms with van der Waals surface area (Å²) in [5.74, 6) is 0.964. The number of amides is 1. The van der Waals surface area contributed by atoms with E-state index in [-0.39, 0.29) is 24.4 Å². The number of methoxy groups -OCH3 is 1. The Morgan fingerprint density at radius 3 is 2.74 bits per heavy atom. The zero-order valence-electron chi connectivity index (χ0n) is 12.0. The fourth-order valence-corrected chi connectivity index (χ4v) is 3.70. The van der Waals surface area contributed by atoms with E-state index in [0.717, 1.165) is 5.92 Å². The van der Waals surface area contributed by atoms with E-state index in [4.69, 9.17) is 10.5 Å². The molecule has 1 aliphatic carbocycles. The maximum absolute atomic E-state index is 12.4. The smallest absolute Gasteiger partial charge is 0.225 e. The summed E-state index contributed by atoms with van der Waals surface area (Å²) in [7, 11) is 1.63. The van der Waals surface area contributed by atoms with Crippen LogP contribution in [0.4, 0.5) is 0 Å². The van der Waals surface area contributed by atoms with E-state index < -0.39 is 0 Å². The van der Waals surface area contributed by atoms with Gasteiger partial charge in [-0.25, -0.2) is 0 Å². The Kier molecular flexibility index (Phi) is 6.57. The van der Waals surface area contributed by atoms with Crippen LogP contribution in [0.25, 0.3) is 0 Å². The lowest BCUT2D eigenvalue weighted by Crippen LogP contribution is -2.44. The number of hydrogen-bond acceptors (Lipinski definition) is 3. The Hall–Kier alpha value is -0.320. The van der Waals surface area contributed by atoms with Crippen LogP contribution < -0.4 is 5.73 Å². The van der Waals surface area contributed by atoms with E-state index in [0.29, 0.717) is 25.0 Å². The number of carbonyl (C=O) groups excluding carboxylic acids is 1. The van der Waals surface area contributed by atoms with Crippen LogP contribution in [0.3, 0.4) is 0 Å². The molecule has 0 aromatic heterocycles. The van der Waals surface area contributed by atoms with E-state index in [1.807, 2.05) is 0 Å². The van der Waals surface area contributed by atoms with Crippen molar-refractivity contribution in [3.8, 4) is 0 Å². The number of halogens is 1. The van der Waals surface area contributed by atoms with Gasteiger partial charge in [0.1, 0.15) is 0 Å². The number of nitrogens with two attached hydrogens (primary N) is 1. The third kappa shape index (κ3) is 3.61. The number of ether oxygens (including phenoxy) is 1. The first-order chi connectivity index (χ1) is 8.67. The zero-order chi connectivity index (χ0) is 13.1. The summed E-state index contributed by atoms with van der Waals surface area (Å²) < 4.78 is 5.23. The lowest BCUT2D eigenvalue weighted by Gasteiger charge is -2.34. The van der Waals surface area contributed by atoms with E-state index in [2.05, 4.69) is 11.8 Å². The largest absolute Gasteiger partial charge is 0.380 e. The molecule has 2 aliphatic rings. The minimum absolute atomic E-state index is 0. The predicted molar refractivity (Wildman–Crippen MR) is 78.4 cm³/mol. The molecule has 19 heavy (non-hydrogen) atoms. The second-order valence-electron chi connectivity index (χ2n) is 5.80. The Balaban J connectivity index is 0.00000180. The van der Waals surface area contributed by atoms with Crippen LogP contribution in [0.1, 0.15) is 45.4 Å². The van der Waals surface area contributed by atoms with Gasteiger partial charge < -0.3 is 15.4 Å². The van der Waals surface area contributed by atoms with Gasteiger partial charge in [-0.15, -0.1) is 12.4 Å². The first-order valence-electron chi connectivity index (χ1n) is 7.21. The molecule has 1 aliphatic heterocycles. The van der Waals surface area contributed by atoms with Crippen molar-refractivity contribution in [2.24, 2.45) is 11.7 Å². The molecule has 112 valence electrons. The van der Waals surface area contributed by atoms with Gasteiger partial charge in [-0.1, -0.05) is 12.8 Å². The fraction of sp³-hybridized carbons (Fsp3) is 0.929. The van der Waals surface area contributed by atoms with Gasteiger partial charge in [-0.2, -0.15) is 0 Å². The van der Waals surface area contributed by atoms with Crippen molar-refractivity contribution in [1.29, 1.82) is 0 Å². The van der Waals surface area contributed by atoms with Crippen LogP contribution in [0.15, 0.2) is 0 Å². The lowest BCUT2D eigenvalue weighted by atomic mass is 9.85. The molecule has 2 fully saturated rings. The van der Waals surface area contributed by atoms with E-state index in [1.165, 1.54) is 32.1 Å². The molecule has 0 spiro atoms. The van der Waals surface area contributed by atoms with Crippen molar-refractivity contribution >= 4 is 18.3 Å². The maximum Gasteiger partial charge on any atom is 0.225 e. The number of hydrogen-bond donors (Lipinski definition) is 1. The van der Waals surface area contributed by atoms with E-state index in [9.17, 15) is 4.79 Å². The molecule has 2 rings (SSSR count). The average Bonchev–Trinajstić information content (AvgIpc) is 2.71. The van der Waals surface area contributed by atoms with Crippen molar-refractivity contribution in [2.75, 3.05) is 13.7 Å². The molecule has 0 aromatic rings. The quantitative estimate of drug-likeness (QED) is 0.861. The van der Waals surface area contributed by atoms with E-state index in [1.54, 1.807) is 7.11 Å². The molecule has 1 amide bonds. The molecular formula is C14H27ClN2O2. The third-order valence-electron chi connectivity index (χ3n) is 4.63. The predicted octanol–water partition coefficient (Wildman–Crippen LogP) is 1.95. The molecule has 5 heteroatoms. The highest BCUT2D eigenvalue weighted by Gasteiger charge is 2.42. The van der Waals surface area contributed by atoms with Gasteiger partial charge in [0.05, 0.1) is 12.5 Å². The molecule has 4 atom stereocenters. The first kappa shape index (κ1) is 16.7. The van der Waals surface area contributed by atoms with Crippen LogP contribution in [-0.4, -0.2) is 42.6 Å². The van der Waals surface area contributed by atoms with Crippen LogP contribution in [0, 0.1) is 5.92 Å². The van der Waals surface area contributed by atoms with Crippen molar-refractivity contribution in [1.82, 2.24) is 4.90 Å². The molecule has 0 aromatic carbocycles. The summed E-state index contributed by atoms with van der Waals surface area (Å²) in [4.78, 5) is 14.6. The average molecular weight is 291 g/mol. The van der Waals surface area contributed by atoms with E-state index >= 15 is 0 Å². The minimum Gasteiger partial charge on any atom is -0.380 e. The molecule has 0 radical (unpaired) electrons. The Morgan fingerprint density at radius 1 is 1.42 bits per heavy atom. The molecule has 4 nitrogen and oxygen atoms in total. The summed E-state index contributed by atoms with van der Waals surface area (Å²) in [6, 6.07) is 0.873. The second-order valence-corrected chi connectivity index (χ2v) is 5.80. The molecule has 1 saturated carbocycles. The van der Waals surface area contributed by atoms with Gasteiger partial charge >= 0.3 is 0 Å². The zero-order valence-corrected chi connectivity index (χ0v) is 12.8. The Morgan fingerprint density at radius 2 is 2.11 bits per heavy atom. The van der Waals surface area contributed by atoms with Crippen molar-refractivity contribution in [2.45, 2.75) is 63.6 Å². The highest BCUT2D eigenvalue weighted by atomic mass is 35.5. The normalized spacial score (nSPS) is 31.5. The Labute approximate surface area is 122 Å². The van der Waals surface area contributed by atoms with Crippen LogP contribution >= 0.6 is 12.4 Å². The molecule has 4 unspecified atom stereocenters. The van der Waals surface area contributed by atoms with Gasteiger partial charge in [0.2, 0.25) is 5.91 Å². The SMILES string of the molecule is COC(CN)CC(=O)N1C(C)CC2CCCCC21.Cl. The highest BCUT2D eigenvalue weighted by Crippen LogP contribution is 2.39. The van der Waals surface area contributed by atoms with Crippen LogP contribution in [-0.2, 0) is 9.53 Å². The standard InChI is InChI=1S/C14H26N2O2.ClH/c1-10-7-11-5-3-4-6-13(11)16(10)14(17)8-12(9-15)18-2;/h10-13H,3-9,15H2,1-2H3;1H. The van der Waals surface area contributed by atoms with Crippen molar-refractivity contribution in [3.63, 3.8) is 0 Å². The van der Waals surface area contributed by atoms with Gasteiger partial charge in [-0.05, 0) is 32.1 Å². The van der Waals surface area contributed by atoms with Gasteiger partial charge in [-0.3, -0.25) is 4.79 Å². The lowest BCUT2D eigenvalue weighted by molar-refractivity contribution is -0.137. The van der Waals surface area contributed by atoms with Gasteiger partial charge in [0, 0.05) is 25.7 Å². The number of likely N-dealkylation sites (tertiary alicyclic amines) is 1. The Bertz CT molecular complexity index is 297. The van der Waals surface area contributed by atoms with Crippen molar-refractivity contribution in [3.05, 3.63) is 0 Å². The molecule has 1 heterocycles. The fourth-order valence-electron chi connectivity index (χ4n) is 3.70. The summed E-state index contributed by atoms with van der Waals surface area (Å²) in [5, 5.41) is 0. The first-order valence-corrected chi connectivity index (χ1v) is 7.21. The highest BCUT2D eigenvalue weighted by molar-refractivity contribution is 5.85. The maximum atomic E-state index is 12.4. The van der Waals surface area contributed by atoms with Crippen LogP contribution in [0.2, 0.25) is 0 Å². The number of nitrogens with zero attached hydrogens (tertiary/aromatic N) is 1. The third-order valence-corrected chi connectivity index (χ3v) is 4.63. The second kappa shape index (κ2) is 7.46. The molecular weight excluding hydrogens is 264 g/mol. The minimum atomic E-state index is -0.132. The monoisotopic (exact) mass is 290 g/mol. The number of carbonyl (C=O) groups is 1. The number of fused-ring (bicyclic) bond motifs is 1. The van der Waals surface area contributed by atoms with Gasteiger partial charge in [0.25, 0.3) is 0 Å². The van der Waals surface area contributed by atoms with Crippen molar-refractivity contribution < 1.29 is 9.53 Å². The topological polar surface area (TPSA) is 55.6 Å². The van der Waals surface area contributed by atoms with Gasteiger partial charge in [0.15, 0.2) is 0 Å². The molecule has 2 N–H and O–H groups in total. The molecule has 1 saturated heterocycles. The summed E-state index contributed by atoms with van der Waals surface area (Å²) in [6.45, 7) is 2.60. The number of rotatable bonds is 4. The van der Waals surface area contributed by atoms with Crippen LogP contribution in [0.5, 0.6) is 0 Å². The summed E-state index contributed by atoms with van der Waals surface area (Å²) in [6.07, 6.45) is 6.55. The molecule has 0 bridgehead atoms. The summed E-state index contributed by atoms with van der Waals surface area (Å²) >= 11 is 0.